The van der Waals surface area contributed by atoms with Crippen LogP contribution in [0.25, 0.3) is 11.3 Å². The Morgan fingerprint density at radius 3 is 2.79 bits per heavy atom. The molecular weight excluding hydrogens is 392 g/mol. The monoisotopic (exact) mass is 412 g/mol. The maximum atomic E-state index is 13.2. The van der Waals surface area contributed by atoms with Gasteiger partial charge in [0.15, 0.2) is 0 Å². The van der Waals surface area contributed by atoms with Gasteiger partial charge in [-0.1, -0.05) is 35.5 Å². The lowest BCUT2D eigenvalue weighted by atomic mass is 10.0. The molecule has 0 fully saturated rings. The molecule has 28 heavy (non-hydrogen) atoms. The van der Waals surface area contributed by atoms with Crippen molar-refractivity contribution in [1.82, 2.24) is 10.1 Å². The molecule has 0 bridgehead atoms. The number of nitrogens with zero attached hydrogens (tertiary/aromatic N) is 4. The molecule has 0 N–H and O–H groups in total. The summed E-state index contributed by atoms with van der Waals surface area (Å²) < 4.78 is 1.68. The molecule has 0 saturated heterocycles. The molecule has 1 unspecified atom stereocenters. The molecule has 0 spiro atoms. The number of aryl methyl sites for hydroxylation is 1. The van der Waals surface area contributed by atoms with Crippen LogP contribution in [0.15, 0.2) is 41.6 Å². The minimum Gasteiger partial charge on any atom is -0.854 e. The van der Waals surface area contributed by atoms with Crippen LogP contribution in [0.5, 0.6) is 5.88 Å². The highest BCUT2D eigenvalue weighted by Crippen LogP contribution is 2.42. The van der Waals surface area contributed by atoms with E-state index in [9.17, 15) is 9.90 Å². The number of fused-ring (bicyclic) bond motifs is 3. The molecule has 144 valence electrons. The fourth-order valence-electron chi connectivity index (χ4n) is 3.47. The van der Waals surface area contributed by atoms with Crippen LogP contribution in [-0.2, 0) is 4.79 Å². The number of thioether (sulfide) groups is 1. The number of rotatable bonds is 4. The van der Waals surface area contributed by atoms with E-state index in [1.807, 2.05) is 56.5 Å². The third-order valence-corrected chi connectivity index (χ3v) is 6.23. The number of amides is 1. The van der Waals surface area contributed by atoms with Gasteiger partial charge >= 0.3 is 6.17 Å². The highest BCUT2D eigenvalue weighted by molar-refractivity contribution is 7.98. The molecule has 3 heterocycles. The number of benzene rings is 1. The van der Waals surface area contributed by atoms with Gasteiger partial charge in [-0.3, -0.25) is 4.79 Å². The molecule has 1 aliphatic rings. The van der Waals surface area contributed by atoms with Crippen molar-refractivity contribution >= 4 is 34.7 Å². The molecule has 1 aromatic carbocycles. The Balaban J connectivity index is 2.04. The lowest BCUT2D eigenvalue weighted by molar-refractivity contribution is -0.763. The Morgan fingerprint density at radius 1 is 1.32 bits per heavy atom. The Hall–Kier alpha value is -2.45. The number of thiophene rings is 1. The van der Waals surface area contributed by atoms with Gasteiger partial charge in [-0.25, -0.2) is 9.88 Å². The number of carbonyl (C=O) groups is 1. The first-order valence-corrected chi connectivity index (χ1v) is 11.1. The quantitative estimate of drug-likeness (QED) is 0.486. The molecular formula is C20H20N4O2S2. The van der Waals surface area contributed by atoms with Gasteiger partial charge in [0, 0.05) is 16.4 Å². The second kappa shape index (κ2) is 7.52. The van der Waals surface area contributed by atoms with E-state index in [4.69, 9.17) is 0 Å². The van der Waals surface area contributed by atoms with Crippen LogP contribution >= 0.6 is 23.1 Å². The molecule has 1 atom stereocenters. The average molecular weight is 413 g/mol. The fraction of sp³-hybridized carbons (Fsp3) is 0.300. The van der Waals surface area contributed by atoms with Crippen LogP contribution in [0.3, 0.4) is 0 Å². The van der Waals surface area contributed by atoms with Gasteiger partial charge in [0.25, 0.3) is 10.9 Å². The van der Waals surface area contributed by atoms with Gasteiger partial charge in [0.1, 0.15) is 0 Å². The third kappa shape index (κ3) is 3.06. The van der Waals surface area contributed by atoms with Gasteiger partial charge in [0.05, 0.1) is 22.0 Å². The highest BCUT2D eigenvalue weighted by Gasteiger charge is 2.45. The molecule has 2 aromatic heterocycles. The predicted molar refractivity (Wildman–Crippen MR) is 108 cm³/mol. The average Bonchev–Trinajstić information content (AvgIpc) is 3.12. The molecule has 6 nitrogen and oxygen atoms in total. The van der Waals surface area contributed by atoms with Crippen LogP contribution in [0, 0.1) is 6.92 Å². The molecule has 1 aliphatic heterocycles. The van der Waals surface area contributed by atoms with Crippen molar-refractivity contribution in [1.29, 1.82) is 0 Å². The molecule has 1 amide bonds. The first-order valence-electron chi connectivity index (χ1n) is 9.07. The van der Waals surface area contributed by atoms with Crippen molar-refractivity contribution in [2.75, 3.05) is 11.2 Å². The van der Waals surface area contributed by atoms with Crippen LogP contribution in [0.2, 0.25) is 0 Å². The van der Waals surface area contributed by atoms with E-state index < -0.39 is 6.17 Å². The summed E-state index contributed by atoms with van der Waals surface area (Å²) >= 11 is 2.92. The summed E-state index contributed by atoms with van der Waals surface area (Å²) in [5, 5.41) is 17.9. The summed E-state index contributed by atoms with van der Waals surface area (Å²) in [5.41, 5.74) is 1.84. The summed E-state index contributed by atoms with van der Waals surface area (Å²) in [6.45, 7) is 4.02. The Morgan fingerprint density at radius 2 is 2.11 bits per heavy atom. The number of para-hydroxylation sites is 1. The van der Waals surface area contributed by atoms with Gasteiger partial charge in [-0.2, -0.15) is 0 Å². The molecule has 0 saturated carbocycles. The van der Waals surface area contributed by atoms with Crippen LogP contribution < -0.4 is 14.7 Å². The Kier molecular flexibility index (Phi) is 5.07. The largest absolute Gasteiger partial charge is 0.854 e. The Labute approximate surface area is 171 Å². The van der Waals surface area contributed by atoms with Gasteiger partial charge in [0.2, 0.25) is 5.91 Å². The van der Waals surface area contributed by atoms with Crippen LogP contribution in [0.1, 0.15) is 35.7 Å². The standard InChI is InChI=1S/C20H20N4O2S2/c1-4-7-16(25)23-14-9-6-5-8-13(14)17-18(26)21-20(27-3)22-24(17)19(23)15-11-10-12(2)28-15/h5-6,8-11,19H,4,7H2,1-3H3. The first kappa shape index (κ1) is 18.9. The smallest absolute Gasteiger partial charge is 0.302 e. The van der Waals surface area contributed by atoms with E-state index in [0.717, 1.165) is 21.9 Å². The SMILES string of the molecule is CCCC(=O)N1c2ccccc2-c2c([O-])nc(SC)n[n+]2C1c1ccc(C)s1. The zero-order chi connectivity index (χ0) is 19.8. The second-order valence-electron chi connectivity index (χ2n) is 6.55. The first-order chi connectivity index (χ1) is 13.5. The summed E-state index contributed by atoms with van der Waals surface area (Å²) in [5.74, 6) is -0.311. The van der Waals surface area contributed by atoms with E-state index in [1.165, 1.54) is 11.8 Å². The van der Waals surface area contributed by atoms with Crippen molar-refractivity contribution in [2.24, 2.45) is 0 Å². The summed E-state index contributed by atoms with van der Waals surface area (Å²) in [6.07, 6.45) is 2.51. The minimum atomic E-state index is -0.496. The van der Waals surface area contributed by atoms with Crippen LogP contribution in [0.4, 0.5) is 5.69 Å². The summed E-state index contributed by atoms with van der Waals surface area (Å²) in [4.78, 5) is 21.2. The highest BCUT2D eigenvalue weighted by atomic mass is 32.2. The zero-order valence-electron chi connectivity index (χ0n) is 15.9. The van der Waals surface area contributed by atoms with Crippen LogP contribution in [-0.4, -0.2) is 22.2 Å². The zero-order valence-corrected chi connectivity index (χ0v) is 17.5. The van der Waals surface area contributed by atoms with Crippen molar-refractivity contribution in [3.63, 3.8) is 0 Å². The van der Waals surface area contributed by atoms with E-state index >= 15 is 0 Å². The van der Waals surface area contributed by atoms with E-state index in [0.29, 0.717) is 22.8 Å². The number of hydrogen-bond acceptors (Lipinski definition) is 6. The van der Waals surface area contributed by atoms with Crippen molar-refractivity contribution in [2.45, 2.75) is 38.0 Å². The van der Waals surface area contributed by atoms with Crippen molar-refractivity contribution < 1.29 is 14.6 Å². The van der Waals surface area contributed by atoms with Crippen molar-refractivity contribution in [3.05, 3.63) is 46.2 Å². The number of anilines is 1. The summed E-state index contributed by atoms with van der Waals surface area (Å²) in [6, 6.07) is 11.5. The van der Waals surface area contributed by atoms with Gasteiger partial charge in [-0.15, -0.1) is 11.3 Å². The van der Waals surface area contributed by atoms with E-state index in [-0.39, 0.29) is 11.8 Å². The normalized spacial score (nSPS) is 15.2. The molecule has 3 aromatic rings. The Bertz CT molecular complexity index is 1050. The minimum absolute atomic E-state index is 0.0147. The van der Waals surface area contributed by atoms with E-state index in [2.05, 4.69) is 10.1 Å². The topological polar surface area (TPSA) is 73.0 Å². The van der Waals surface area contributed by atoms with E-state index in [1.54, 1.807) is 20.9 Å². The van der Waals surface area contributed by atoms with Crippen molar-refractivity contribution in [3.8, 4) is 17.1 Å². The lowest BCUT2D eigenvalue weighted by Gasteiger charge is -2.33. The molecule has 0 radical (unpaired) electrons. The lowest BCUT2D eigenvalue weighted by Crippen LogP contribution is -2.58. The van der Waals surface area contributed by atoms with Gasteiger partial charge < -0.3 is 5.11 Å². The summed E-state index contributed by atoms with van der Waals surface area (Å²) in [7, 11) is 0. The predicted octanol–water partition coefficient (Wildman–Crippen LogP) is 3.29. The number of hydrogen-bond donors (Lipinski definition) is 0. The number of carbonyl (C=O) groups excluding carboxylic acids is 1. The molecule has 0 aliphatic carbocycles. The fourth-order valence-corrected chi connectivity index (χ4v) is 4.77. The maximum Gasteiger partial charge on any atom is 0.302 e. The number of aromatic nitrogens is 3. The third-order valence-electron chi connectivity index (χ3n) is 4.65. The maximum absolute atomic E-state index is 13.2. The molecule has 8 heteroatoms. The van der Waals surface area contributed by atoms with Gasteiger partial charge in [-0.05, 0) is 43.9 Å². The second-order valence-corrected chi connectivity index (χ2v) is 8.64. The molecule has 4 rings (SSSR count).